The number of hydrogen-bond acceptors (Lipinski definition) is 3. The minimum atomic E-state index is -0.299. The Morgan fingerprint density at radius 1 is 1.25 bits per heavy atom. The summed E-state index contributed by atoms with van der Waals surface area (Å²) in [5.41, 5.74) is 0.845. The van der Waals surface area contributed by atoms with Gasteiger partial charge >= 0.3 is 0 Å². The predicted molar refractivity (Wildman–Crippen MR) is 78.1 cm³/mol. The van der Waals surface area contributed by atoms with Crippen molar-refractivity contribution in [1.29, 1.82) is 5.26 Å². The number of benzene rings is 1. The third kappa shape index (κ3) is 2.34. The van der Waals surface area contributed by atoms with E-state index >= 15 is 0 Å². The van der Waals surface area contributed by atoms with Gasteiger partial charge in [-0.25, -0.2) is 0 Å². The van der Waals surface area contributed by atoms with Crippen molar-refractivity contribution in [2.24, 2.45) is 5.92 Å². The Morgan fingerprint density at radius 2 is 2.00 bits per heavy atom. The van der Waals surface area contributed by atoms with E-state index in [2.05, 4.69) is 23.5 Å². The van der Waals surface area contributed by atoms with Crippen LogP contribution in [0.5, 0.6) is 0 Å². The van der Waals surface area contributed by atoms with Crippen molar-refractivity contribution < 1.29 is 5.11 Å². The third-order valence-electron chi connectivity index (χ3n) is 5.07. The van der Waals surface area contributed by atoms with Gasteiger partial charge in [0.15, 0.2) is 0 Å². The Labute approximate surface area is 120 Å². The van der Waals surface area contributed by atoms with Gasteiger partial charge in [-0.05, 0) is 37.2 Å². The first kappa shape index (κ1) is 13.6. The Hall–Kier alpha value is -1.37. The van der Waals surface area contributed by atoms with Crippen LogP contribution in [0, 0.1) is 17.2 Å². The summed E-state index contributed by atoms with van der Waals surface area (Å²) in [6.07, 6.45) is 5.28. The quantitative estimate of drug-likeness (QED) is 0.883. The van der Waals surface area contributed by atoms with Crippen molar-refractivity contribution >= 4 is 0 Å². The number of aliphatic hydroxyl groups excluding tert-OH is 1. The molecule has 2 fully saturated rings. The topological polar surface area (TPSA) is 56.0 Å². The summed E-state index contributed by atoms with van der Waals surface area (Å²) in [5, 5.41) is 22.6. The zero-order valence-corrected chi connectivity index (χ0v) is 11.8. The average molecular weight is 270 g/mol. The fraction of sp³-hybridized carbons (Fsp3) is 0.588. The van der Waals surface area contributed by atoms with Crippen LogP contribution in [0.25, 0.3) is 0 Å². The van der Waals surface area contributed by atoms with Crippen LogP contribution in [0.1, 0.15) is 37.7 Å². The van der Waals surface area contributed by atoms with E-state index in [0.29, 0.717) is 18.0 Å². The maximum absolute atomic E-state index is 9.55. The van der Waals surface area contributed by atoms with Crippen molar-refractivity contribution in [1.82, 2.24) is 5.32 Å². The van der Waals surface area contributed by atoms with Crippen LogP contribution < -0.4 is 5.32 Å². The van der Waals surface area contributed by atoms with Crippen LogP contribution in [0.4, 0.5) is 0 Å². The molecule has 3 rings (SSSR count). The summed E-state index contributed by atoms with van der Waals surface area (Å²) < 4.78 is 0. The SMILES string of the molecule is N#CC1(c2ccccc2)CC(NC2CCCC2CO)C1. The maximum atomic E-state index is 9.55. The molecule has 0 aliphatic heterocycles. The van der Waals surface area contributed by atoms with E-state index in [1.54, 1.807) is 0 Å². The summed E-state index contributed by atoms with van der Waals surface area (Å²) >= 11 is 0. The van der Waals surface area contributed by atoms with Crippen LogP contribution in [0.15, 0.2) is 30.3 Å². The minimum absolute atomic E-state index is 0.284. The summed E-state index contributed by atoms with van der Waals surface area (Å²) in [5.74, 6) is 0.406. The van der Waals surface area contributed by atoms with Crippen molar-refractivity contribution in [3.8, 4) is 6.07 Å². The summed E-state index contributed by atoms with van der Waals surface area (Å²) in [4.78, 5) is 0. The molecule has 2 aliphatic carbocycles. The highest BCUT2D eigenvalue weighted by molar-refractivity contribution is 5.36. The maximum Gasteiger partial charge on any atom is 0.0852 e. The van der Waals surface area contributed by atoms with E-state index in [1.807, 2.05) is 18.2 Å². The Morgan fingerprint density at radius 3 is 2.65 bits per heavy atom. The van der Waals surface area contributed by atoms with Crippen LogP contribution >= 0.6 is 0 Å². The molecule has 3 nitrogen and oxygen atoms in total. The molecular formula is C17H22N2O. The molecule has 2 aliphatic rings. The lowest BCUT2D eigenvalue weighted by molar-refractivity contribution is 0.162. The zero-order chi connectivity index (χ0) is 14.0. The molecule has 2 saturated carbocycles. The molecule has 0 heterocycles. The van der Waals surface area contributed by atoms with Gasteiger partial charge in [-0.2, -0.15) is 5.26 Å². The molecule has 20 heavy (non-hydrogen) atoms. The monoisotopic (exact) mass is 270 g/mol. The van der Waals surface area contributed by atoms with Gasteiger partial charge < -0.3 is 10.4 Å². The van der Waals surface area contributed by atoms with Gasteiger partial charge in [0.1, 0.15) is 0 Å². The van der Waals surface area contributed by atoms with Crippen molar-refractivity contribution in [2.75, 3.05) is 6.61 Å². The van der Waals surface area contributed by atoms with Gasteiger partial charge in [0.05, 0.1) is 11.5 Å². The van der Waals surface area contributed by atoms with E-state index < -0.39 is 0 Å². The van der Waals surface area contributed by atoms with Gasteiger partial charge in [0.2, 0.25) is 0 Å². The van der Waals surface area contributed by atoms with Gasteiger partial charge in [-0.3, -0.25) is 0 Å². The third-order valence-corrected chi connectivity index (χ3v) is 5.07. The number of nitrogens with zero attached hydrogens (tertiary/aromatic N) is 1. The second-order valence-corrected chi connectivity index (χ2v) is 6.31. The molecule has 1 aromatic carbocycles. The van der Waals surface area contributed by atoms with Gasteiger partial charge in [0.25, 0.3) is 0 Å². The second kappa shape index (κ2) is 5.55. The van der Waals surface area contributed by atoms with Crippen LogP contribution in [0.3, 0.4) is 0 Å². The molecule has 1 aromatic rings. The molecule has 2 atom stereocenters. The van der Waals surface area contributed by atoms with Gasteiger partial charge in [-0.1, -0.05) is 36.8 Å². The molecular weight excluding hydrogens is 248 g/mol. The smallest absolute Gasteiger partial charge is 0.0852 e. The van der Waals surface area contributed by atoms with Crippen molar-refractivity contribution in [3.05, 3.63) is 35.9 Å². The summed E-state index contributed by atoms with van der Waals surface area (Å²) in [6.45, 7) is 0.284. The fourth-order valence-electron chi connectivity index (χ4n) is 3.83. The van der Waals surface area contributed by atoms with E-state index in [-0.39, 0.29) is 12.0 Å². The number of hydrogen-bond donors (Lipinski definition) is 2. The Balaban J connectivity index is 1.61. The average Bonchev–Trinajstić information content (AvgIpc) is 2.90. The van der Waals surface area contributed by atoms with E-state index in [0.717, 1.165) is 31.2 Å². The molecule has 0 saturated heterocycles. The van der Waals surface area contributed by atoms with Gasteiger partial charge in [-0.15, -0.1) is 0 Å². The number of aliphatic hydroxyl groups is 1. The van der Waals surface area contributed by atoms with Gasteiger partial charge in [0, 0.05) is 18.7 Å². The van der Waals surface area contributed by atoms with Crippen LogP contribution in [-0.4, -0.2) is 23.8 Å². The molecule has 3 heteroatoms. The van der Waals surface area contributed by atoms with Crippen LogP contribution in [0.2, 0.25) is 0 Å². The molecule has 106 valence electrons. The highest BCUT2D eigenvalue weighted by Crippen LogP contribution is 2.44. The molecule has 0 spiro atoms. The number of nitrogens with one attached hydrogen (secondary N) is 1. The number of rotatable bonds is 4. The van der Waals surface area contributed by atoms with E-state index in [9.17, 15) is 10.4 Å². The van der Waals surface area contributed by atoms with E-state index in [4.69, 9.17) is 0 Å². The molecule has 0 amide bonds. The first-order chi connectivity index (χ1) is 9.77. The Bertz CT molecular complexity index is 487. The summed E-state index contributed by atoms with van der Waals surface area (Å²) in [6, 6.07) is 13.5. The lowest BCUT2D eigenvalue weighted by Crippen LogP contribution is -2.54. The first-order valence-corrected chi connectivity index (χ1v) is 7.61. The molecule has 2 unspecified atom stereocenters. The Kier molecular flexibility index (Phi) is 3.78. The zero-order valence-electron chi connectivity index (χ0n) is 11.8. The lowest BCUT2D eigenvalue weighted by atomic mass is 9.62. The molecule has 0 aromatic heterocycles. The minimum Gasteiger partial charge on any atom is -0.396 e. The second-order valence-electron chi connectivity index (χ2n) is 6.31. The normalized spacial score (nSPS) is 36.3. The summed E-state index contributed by atoms with van der Waals surface area (Å²) in [7, 11) is 0. The molecule has 0 bridgehead atoms. The highest BCUT2D eigenvalue weighted by atomic mass is 16.3. The standard InChI is InChI=1S/C17H22N2O/c18-12-17(14-6-2-1-3-7-14)9-15(10-17)19-16-8-4-5-13(16)11-20/h1-3,6-7,13,15-16,19-20H,4-5,8-11H2. The van der Waals surface area contributed by atoms with Crippen LogP contribution in [-0.2, 0) is 5.41 Å². The fourth-order valence-corrected chi connectivity index (χ4v) is 3.83. The molecule has 0 radical (unpaired) electrons. The van der Waals surface area contributed by atoms with Crippen molar-refractivity contribution in [3.63, 3.8) is 0 Å². The van der Waals surface area contributed by atoms with E-state index in [1.165, 1.54) is 6.42 Å². The predicted octanol–water partition coefficient (Wildman–Crippen LogP) is 2.36. The molecule has 2 N–H and O–H groups in total. The lowest BCUT2D eigenvalue weighted by Gasteiger charge is -2.45. The highest BCUT2D eigenvalue weighted by Gasteiger charge is 2.47. The van der Waals surface area contributed by atoms with Crippen molar-refractivity contribution in [2.45, 2.75) is 49.6 Å². The first-order valence-electron chi connectivity index (χ1n) is 7.61. The number of nitriles is 1. The largest absolute Gasteiger partial charge is 0.396 e.